The van der Waals surface area contributed by atoms with Crippen LogP contribution < -0.4 is 5.32 Å². The van der Waals surface area contributed by atoms with Gasteiger partial charge in [-0.1, -0.05) is 44.0 Å². The lowest BCUT2D eigenvalue weighted by atomic mass is 9.78. The molecule has 21 heavy (non-hydrogen) atoms. The summed E-state index contributed by atoms with van der Waals surface area (Å²) in [7, 11) is 2.10. The number of hydrogen-bond acceptors (Lipinski definition) is 2. The van der Waals surface area contributed by atoms with Gasteiger partial charge >= 0.3 is 0 Å². The van der Waals surface area contributed by atoms with Gasteiger partial charge in [0.25, 0.3) is 0 Å². The number of aromatic nitrogens is 1. The van der Waals surface area contributed by atoms with E-state index in [-0.39, 0.29) is 0 Å². The molecule has 1 fully saturated rings. The van der Waals surface area contributed by atoms with E-state index in [1.54, 1.807) is 0 Å². The first-order valence-electron chi connectivity index (χ1n) is 8.28. The highest BCUT2D eigenvalue weighted by Crippen LogP contribution is 2.31. The molecule has 0 saturated heterocycles. The summed E-state index contributed by atoms with van der Waals surface area (Å²) in [5.74, 6) is 1.72. The fourth-order valence-corrected chi connectivity index (χ4v) is 3.64. The van der Waals surface area contributed by atoms with Crippen LogP contribution in [0.4, 0.5) is 0 Å². The van der Waals surface area contributed by atoms with Gasteiger partial charge in [0.15, 0.2) is 0 Å². The van der Waals surface area contributed by atoms with Gasteiger partial charge < -0.3 is 5.32 Å². The van der Waals surface area contributed by atoms with Crippen LogP contribution in [0.15, 0.2) is 36.4 Å². The van der Waals surface area contributed by atoms with Gasteiger partial charge in [-0.15, -0.1) is 0 Å². The molecule has 1 aromatic carbocycles. The third-order valence-electron chi connectivity index (χ3n) is 5.09. The summed E-state index contributed by atoms with van der Waals surface area (Å²) in [5.41, 5.74) is 2.33. The van der Waals surface area contributed by atoms with Crippen LogP contribution in [-0.2, 0) is 6.42 Å². The second-order valence-electron chi connectivity index (χ2n) is 6.61. The Bertz CT molecular complexity index is 585. The maximum Gasteiger partial charge on any atom is 0.0705 e. The number of hydrogen-bond donors (Lipinski definition) is 1. The normalized spacial score (nSPS) is 24.1. The molecule has 2 nitrogen and oxygen atoms in total. The first-order valence-corrected chi connectivity index (χ1v) is 8.28. The van der Waals surface area contributed by atoms with Crippen molar-refractivity contribution in [1.29, 1.82) is 0 Å². The highest BCUT2D eigenvalue weighted by molar-refractivity contribution is 5.78. The minimum Gasteiger partial charge on any atom is -0.316 e. The van der Waals surface area contributed by atoms with Gasteiger partial charge in [-0.05, 0) is 43.9 Å². The molecule has 0 amide bonds. The highest BCUT2D eigenvalue weighted by atomic mass is 14.9. The summed E-state index contributed by atoms with van der Waals surface area (Å²) in [5, 5.41) is 4.77. The summed E-state index contributed by atoms with van der Waals surface area (Å²) in [4.78, 5) is 4.83. The van der Waals surface area contributed by atoms with Crippen LogP contribution in [0.1, 0.15) is 38.3 Å². The van der Waals surface area contributed by atoms with E-state index in [4.69, 9.17) is 4.98 Å². The summed E-state index contributed by atoms with van der Waals surface area (Å²) < 4.78 is 0. The Hall–Kier alpha value is -1.41. The van der Waals surface area contributed by atoms with Crippen LogP contribution in [-0.4, -0.2) is 18.1 Å². The molecule has 2 heteroatoms. The van der Waals surface area contributed by atoms with Crippen LogP contribution in [0.3, 0.4) is 0 Å². The van der Waals surface area contributed by atoms with Crippen molar-refractivity contribution in [1.82, 2.24) is 10.3 Å². The minimum absolute atomic E-state index is 0.561. The molecule has 1 aromatic heterocycles. The fourth-order valence-electron chi connectivity index (χ4n) is 3.64. The largest absolute Gasteiger partial charge is 0.316 e. The average Bonchev–Trinajstić information content (AvgIpc) is 2.53. The zero-order chi connectivity index (χ0) is 14.7. The van der Waals surface area contributed by atoms with Gasteiger partial charge in [0.1, 0.15) is 0 Å². The third-order valence-corrected chi connectivity index (χ3v) is 5.09. The molecule has 1 atom stereocenters. The number of benzene rings is 1. The van der Waals surface area contributed by atoms with Gasteiger partial charge in [0.2, 0.25) is 0 Å². The number of fused-ring (bicyclic) bond motifs is 1. The van der Waals surface area contributed by atoms with E-state index in [0.717, 1.165) is 23.8 Å². The molecular weight excluding hydrogens is 256 g/mol. The number of para-hydroxylation sites is 1. The molecule has 0 spiro atoms. The zero-order valence-corrected chi connectivity index (χ0v) is 13.2. The lowest BCUT2D eigenvalue weighted by Gasteiger charge is -2.32. The Balaban J connectivity index is 1.72. The SMILES string of the molecule is CNC(Cc1ccc2ccccc2n1)C1CCC(C)CC1. The van der Waals surface area contributed by atoms with Crippen molar-refractivity contribution < 1.29 is 0 Å². The van der Waals surface area contributed by atoms with Crippen molar-refractivity contribution in [2.75, 3.05) is 7.05 Å². The lowest BCUT2D eigenvalue weighted by molar-refractivity contribution is 0.234. The topological polar surface area (TPSA) is 24.9 Å². The molecule has 1 N–H and O–H groups in total. The quantitative estimate of drug-likeness (QED) is 0.909. The van der Waals surface area contributed by atoms with Crippen molar-refractivity contribution in [3.05, 3.63) is 42.1 Å². The van der Waals surface area contributed by atoms with Gasteiger partial charge in [-0.25, -0.2) is 0 Å². The smallest absolute Gasteiger partial charge is 0.0705 e. The van der Waals surface area contributed by atoms with E-state index >= 15 is 0 Å². The number of likely N-dealkylation sites (N-methyl/N-ethyl adjacent to an activating group) is 1. The van der Waals surface area contributed by atoms with Crippen molar-refractivity contribution >= 4 is 10.9 Å². The standard InChI is InChI=1S/C19H26N2/c1-14-7-9-16(10-8-14)19(20-2)13-17-12-11-15-5-3-4-6-18(15)21-17/h3-6,11-12,14,16,19-20H,7-10,13H2,1-2H3. The predicted molar refractivity (Wildman–Crippen MR) is 89.4 cm³/mol. The van der Waals surface area contributed by atoms with E-state index in [1.165, 1.54) is 36.8 Å². The molecular formula is C19H26N2. The Morgan fingerprint density at radius 3 is 2.62 bits per heavy atom. The van der Waals surface area contributed by atoms with Gasteiger partial charge in [-0.2, -0.15) is 0 Å². The summed E-state index contributed by atoms with van der Waals surface area (Å²) >= 11 is 0. The number of nitrogens with zero attached hydrogens (tertiary/aromatic N) is 1. The van der Waals surface area contributed by atoms with Crippen LogP contribution in [0.2, 0.25) is 0 Å². The van der Waals surface area contributed by atoms with Crippen molar-refractivity contribution in [2.24, 2.45) is 11.8 Å². The molecule has 112 valence electrons. The lowest BCUT2D eigenvalue weighted by Crippen LogP contribution is -2.37. The molecule has 0 bridgehead atoms. The molecule has 0 radical (unpaired) electrons. The zero-order valence-electron chi connectivity index (χ0n) is 13.2. The number of nitrogens with one attached hydrogen (secondary N) is 1. The van der Waals surface area contributed by atoms with E-state index < -0.39 is 0 Å². The maximum atomic E-state index is 4.83. The van der Waals surface area contributed by atoms with Crippen molar-refractivity contribution in [2.45, 2.75) is 45.1 Å². The van der Waals surface area contributed by atoms with Crippen LogP contribution in [0.25, 0.3) is 10.9 Å². The molecule has 0 aliphatic heterocycles. The number of rotatable bonds is 4. The Morgan fingerprint density at radius 1 is 1.10 bits per heavy atom. The Morgan fingerprint density at radius 2 is 1.86 bits per heavy atom. The Kier molecular flexibility index (Phi) is 4.54. The number of pyridine rings is 1. The second-order valence-corrected chi connectivity index (χ2v) is 6.61. The molecule has 1 saturated carbocycles. The molecule has 3 rings (SSSR count). The minimum atomic E-state index is 0.561. The maximum absolute atomic E-state index is 4.83. The second kappa shape index (κ2) is 6.57. The first-order chi connectivity index (χ1) is 10.3. The highest BCUT2D eigenvalue weighted by Gasteiger charge is 2.25. The van der Waals surface area contributed by atoms with Gasteiger partial charge in [0, 0.05) is 23.5 Å². The Labute approximate surface area is 128 Å². The monoisotopic (exact) mass is 282 g/mol. The van der Waals surface area contributed by atoms with Gasteiger partial charge in [-0.3, -0.25) is 4.98 Å². The van der Waals surface area contributed by atoms with Gasteiger partial charge in [0.05, 0.1) is 5.52 Å². The fraction of sp³-hybridized carbons (Fsp3) is 0.526. The first kappa shape index (κ1) is 14.5. The van der Waals surface area contributed by atoms with Crippen molar-refractivity contribution in [3.63, 3.8) is 0 Å². The predicted octanol–water partition coefficient (Wildman–Crippen LogP) is 4.19. The molecule has 1 heterocycles. The van der Waals surface area contributed by atoms with Crippen LogP contribution in [0, 0.1) is 11.8 Å². The van der Waals surface area contributed by atoms with Crippen LogP contribution in [0.5, 0.6) is 0 Å². The average molecular weight is 282 g/mol. The summed E-state index contributed by atoms with van der Waals surface area (Å²) in [6, 6.07) is 13.3. The molecule has 2 aromatic rings. The third kappa shape index (κ3) is 3.44. The summed E-state index contributed by atoms with van der Waals surface area (Å²) in [6.07, 6.45) is 6.53. The van der Waals surface area contributed by atoms with E-state index in [0.29, 0.717) is 6.04 Å². The van der Waals surface area contributed by atoms with E-state index in [1.807, 2.05) is 0 Å². The van der Waals surface area contributed by atoms with E-state index in [9.17, 15) is 0 Å². The van der Waals surface area contributed by atoms with Crippen LogP contribution >= 0.6 is 0 Å². The van der Waals surface area contributed by atoms with E-state index in [2.05, 4.69) is 55.7 Å². The van der Waals surface area contributed by atoms with Crippen molar-refractivity contribution in [3.8, 4) is 0 Å². The molecule has 1 unspecified atom stereocenters. The summed E-state index contributed by atoms with van der Waals surface area (Å²) in [6.45, 7) is 2.38. The molecule has 1 aliphatic rings. The molecule has 1 aliphatic carbocycles.